The summed E-state index contributed by atoms with van der Waals surface area (Å²) in [7, 11) is 3.36. The first-order valence-electron chi connectivity index (χ1n) is 8.97. The van der Waals surface area contributed by atoms with E-state index in [4.69, 9.17) is 9.47 Å². The number of aliphatic hydroxyl groups is 1. The topological polar surface area (TPSA) is 55.3 Å². The number of rotatable bonds is 5. The van der Waals surface area contributed by atoms with E-state index in [0.717, 1.165) is 24.3 Å². The van der Waals surface area contributed by atoms with Crippen LogP contribution in [0.5, 0.6) is 11.5 Å². The van der Waals surface area contributed by atoms with E-state index < -0.39 is 0 Å². The van der Waals surface area contributed by atoms with Gasteiger partial charge in [-0.15, -0.1) is 0 Å². The van der Waals surface area contributed by atoms with Crippen molar-refractivity contribution in [2.45, 2.75) is 38.0 Å². The first-order valence-corrected chi connectivity index (χ1v) is 8.97. The number of hydrogen-bond donors (Lipinski definition) is 2. The Labute approximate surface area is 149 Å². The largest absolute Gasteiger partial charge is 0.497 e. The van der Waals surface area contributed by atoms with Crippen molar-refractivity contribution < 1.29 is 19.9 Å². The Hall–Kier alpha value is -2.04. The zero-order chi connectivity index (χ0) is 17.8. The van der Waals surface area contributed by atoms with Crippen LogP contribution in [0, 0.1) is 5.92 Å². The average molecular weight is 342 g/mol. The summed E-state index contributed by atoms with van der Waals surface area (Å²) in [5.41, 5.74) is 2.47. The summed E-state index contributed by atoms with van der Waals surface area (Å²) in [4.78, 5) is 0. The monoisotopic (exact) mass is 342 g/mol. The number of ether oxygens (including phenoxy) is 2. The third kappa shape index (κ3) is 3.80. The summed E-state index contributed by atoms with van der Waals surface area (Å²) in [5, 5.41) is 13.2. The minimum Gasteiger partial charge on any atom is -0.497 e. The van der Waals surface area contributed by atoms with Crippen LogP contribution >= 0.6 is 0 Å². The van der Waals surface area contributed by atoms with Gasteiger partial charge in [0.1, 0.15) is 23.6 Å². The molecule has 1 fully saturated rings. The van der Waals surface area contributed by atoms with Gasteiger partial charge in [-0.3, -0.25) is 0 Å². The van der Waals surface area contributed by atoms with Gasteiger partial charge in [0.25, 0.3) is 0 Å². The van der Waals surface area contributed by atoms with E-state index in [1.54, 1.807) is 14.2 Å². The van der Waals surface area contributed by atoms with E-state index in [9.17, 15) is 5.11 Å². The Balaban J connectivity index is 1.85. The standard InChI is InChI=1S/C21H27NO3/c1-4-18-20(23)13-19(14-5-9-16(24-2)10-6-14)22-21(18)15-7-11-17(25-3)12-8-15/h5-12,18-23H,4,13H2,1-3H3/p+1/t18-,19-,20-,21-/m1/s1. The molecule has 2 aromatic rings. The van der Waals surface area contributed by atoms with E-state index in [1.807, 2.05) is 24.3 Å². The Kier molecular flexibility index (Phi) is 5.61. The number of aliphatic hydroxyl groups excluding tert-OH is 1. The fourth-order valence-corrected chi connectivity index (χ4v) is 3.95. The van der Waals surface area contributed by atoms with Crippen molar-refractivity contribution in [3.8, 4) is 11.5 Å². The number of hydrogen-bond acceptors (Lipinski definition) is 3. The van der Waals surface area contributed by atoms with Crippen LogP contribution in [0.4, 0.5) is 0 Å². The third-order valence-electron chi connectivity index (χ3n) is 5.41. The van der Waals surface area contributed by atoms with Gasteiger partial charge >= 0.3 is 0 Å². The third-order valence-corrected chi connectivity index (χ3v) is 5.41. The molecule has 1 heterocycles. The van der Waals surface area contributed by atoms with Crippen LogP contribution in [0.2, 0.25) is 0 Å². The van der Waals surface area contributed by atoms with Gasteiger partial charge in [0.2, 0.25) is 0 Å². The molecule has 134 valence electrons. The van der Waals surface area contributed by atoms with Crippen molar-refractivity contribution >= 4 is 0 Å². The average Bonchev–Trinajstić information content (AvgIpc) is 2.67. The second-order valence-corrected chi connectivity index (χ2v) is 6.75. The molecule has 3 N–H and O–H groups in total. The van der Waals surface area contributed by atoms with Gasteiger partial charge in [-0.05, 0) is 55.0 Å². The number of piperidine rings is 1. The molecule has 4 heteroatoms. The maximum absolute atomic E-state index is 10.8. The van der Waals surface area contributed by atoms with Gasteiger partial charge in [-0.1, -0.05) is 6.92 Å². The zero-order valence-electron chi connectivity index (χ0n) is 15.2. The second kappa shape index (κ2) is 7.89. The predicted molar refractivity (Wildman–Crippen MR) is 97.8 cm³/mol. The maximum atomic E-state index is 10.8. The Morgan fingerprint density at radius 2 is 1.44 bits per heavy atom. The fourth-order valence-electron chi connectivity index (χ4n) is 3.95. The van der Waals surface area contributed by atoms with E-state index in [1.165, 1.54) is 11.1 Å². The van der Waals surface area contributed by atoms with Gasteiger partial charge in [-0.2, -0.15) is 0 Å². The lowest BCUT2D eigenvalue weighted by molar-refractivity contribution is -0.753. The highest BCUT2D eigenvalue weighted by atomic mass is 16.5. The first-order chi connectivity index (χ1) is 12.2. The van der Waals surface area contributed by atoms with Gasteiger partial charge in [0.15, 0.2) is 0 Å². The highest BCUT2D eigenvalue weighted by Gasteiger charge is 2.40. The lowest BCUT2D eigenvalue weighted by Gasteiger charge is -2.38. The molecule has 25 heavy (non-hydrogen) atoms. The highest BCUT2D eigenvalue weighted by molar-refractivity contribution is 5.30. The lowest BCUT2D eigenvalue weighted by atomic mass is 9.78. The van der Waals surface area contributed by atoms with Gasteiger partial charge in [0, 0.05) is 23.5 Å². The Morgan fingerprint density at radius 1 is 0.920 bits per heavy atom. The van der Waals surface area contributed by atoms with Crippen LogP contribution in [0.15, 0.2) is 48.5 Å². The molecular weight excluding hydrogens is 314 g/mol. The molecule has 3 rings (SSSR count). The van der Waals surface area contributed by atoms with Crippen LogP contribution < -0.4 is 14.8 Å². The van der Waals surface area contributed by atoms with Crippen molar-refractivity contribution in [1.29, 1.82) is 0 Å². The fraction of sp³-hybridized carbons (Fsp3) is 0.429. The number of benzene rings is 2. The summed E-state index contributed by atoms with van der Waals surface area (Å²) in [6, 6.07) is 16.9. The molecule has 0 spiro atoms. The zero-order valence-corrected chi connectivity index (χ0v) is 15.2. The summed E-state index contributed by atoms with van der Waals surface area (Å²) < 4.78 is 10.5. The maximum Gasteiger partial charge on any atom is 0.118 e. The molecule has 4 nitrogen and oxygen atoms in total. The molecule has 0 aliphatic carbocycles. The molecular formula is C21H28NO3+. The Morgan fingerprint density at radius 3 is 1.92 bits per heavy atom. The lowest BCUT2D eigenvalue weighted by Crippen LogP contribution is -2.90. The molecule has 0 unspecified atom stereocenters. The van der Waals surface area contributed by atoms with Crippen LogP contribution in [-0.4, -0.2) is 25.4 Å². The number of quaternary nitrogens is 1. The van der Waals surface area contributed by atoms with Crippen LogP contribution in [-0.2, 0) is 0 Å². The molecule has 0 aromatic heterocycles. The van der Waals surface area contributed by atoms with Crippen molar-refractivity contribution in [2.75, 3.05) is 14.2 Å². The molecule has 1 saturated heterocycles. The number of methoxy groups -OCH3 is 2. The van der Waals surface area contributed by atoms with Gasteiger partial charge in [0.05, 0.1) is 20.3 Å². The summed E-state index contributed by atoms with van der Waals surface area (Å²) in [6.45, 7) is 2.16. The number of nitrogens with two attached hydrogens (primary N) is 1. The van der Waals surface area contributed by atoms with E-state index in [0.29, 0.717) is 0 Å². The highest BCUT2D eigenvalue weighted by Crippen LogP contribution is 2.34. The summed E-state index contributed by atoms with van der Waals surface area (Å²) >= 11 is 0. The van der Waals surface area contributed by atoms with Crippen molar-refractivity contribution in [1.82, 2.24) is 0 Å². The quantitative estimate of drug-likeness (QED) is 0.878. The van der Waals surface area contributed by atoms with Crippen molar-refractivity contribution in [2.24, 2.45) is 5.92 Å². The second-order valence-electron chi connectivity index (χ2n) is 6.75. The predicted octanol–water partition coefficient (Wildman–Crippen LogP) is 2.84. The Bertz CT molecular complexity index is 669. The normalized spacial score (nSPS) is 26.2. The first kappa shape index (κ1) is 17.8. The van der Waals surface area contributed by atoms with Gasteiger partial charge < -0.3 is 19.9 Å². The van der Waals surface area contributed by atoms with Crippen molar-refractivity contribution in [3.63, 3.8) is 0 Å². The molecule has 1 aliphatic rings. The van der Waals surface area contributed by atoms with Crippen LogP contribution in [0.3, 0.4) is 0 Å². The molecule has 0 radical (unpaired) electrons. The summed E-state index contributed by atoms with van der Waals surface area (Å²) in [5.74, 6) is 1.97. The minimum absolute atomic E-state index is 0.242. The summed E-state index contributed by atoms with van der Waals surface area (Å²) in [6.07, 6.45) is 1.44. The molecule has 0 saturated carbocycles. The van der Waals surface area contributed by atoms with E-state index in [2.05, 4.69) is 36.5 Å². The van der Waals surface area contributed by atoms with Crippen molar-refractivity contribution in [3.05, 3.63) is 59.7 Å². The molecule has 4 atom stereocenters. The molecule has 0 amide bonds. The smallest absolute Gasteiger partial charge is 0.118 e. The SMILES string of the molecule is CC[C@@H]1[C@H](O)C[C@H](c2ccc(OC)cc2)[NH2+][C@@H]1c1ccc(OC)cc1. The van der Waals surface area contributed by atoms with Crippen LogP contribution in [0.25, 0.3) is 0 Å². The molecule has 2 aromatic carbocycles. The van der Waals surface area contributed by atoms with E-state index >= 15 is 0 Å². The molecule has 0 bridgehead atoms. The molecule has 1 aliphatic heterocycles. The van der Waals surface area contributed by atoms with Gasteiger partial charge in [-0.25, -0.2) is 0 Å². The van der Waals surface area contributed by atoms with E-state index in [-0.39, 0.29) is 24.1 Å². The van der Waals surface area contributed by atoms with Crippen LogP contribution in [0.1, 0.15) is 43.0 Å². The minimum atomic E-state index is -0.297.